The Bertz CT molecular complexity index is 514. The van der Waals surface area contributed by atoms with E-state index in [9.17, 15) is 9.59 Å². The van der Waals surface area contributed by atoms with Crippen molar-refractivity contribution in [2.24, 2.45) is 5.92 Å². The lowest BCUT2D eigenvalue weighted by Gasteiger charge is -2.21. The molecular weight excluding hydrogens is 272 g/mol. The highest BCUT2D eigenvalue weighted by Gasteiger charge is 2.17. The SMILES string of the molecule is CCC(NC(=O)Nc1cc(OC)ccc1C(=O)O)C(C)C. The lowest BCUT2D eigenvalue weighted by atomic mass is 10.0. The smallest absolute Gasteiger partial charge is 0.337 e. The predicted molar refractivity (Wildman–Crippen MR) is 81.0 cm³/mol. The van der Waals surface area contributed by atoms with Crippen molar-refractivity contribution in [2.75, 3.05) is 12.4 Å². The average Bonchev–Trinajstić information content (AvgIpc) is 2.43. The number of aromatic carboxylic acids is 1. The van der Waals surface area contributed by atoms with Gasteiger partial charge < -0.3 is 20.5 Å². The topological polar surface area (TPSA) is 87.7 Å². The first-order valence-corrected chi connectivity index (χ1v) is 6.87. The average molecular weight is 294 g/mol. The number of anilines is 1. The van der Waals surface area contributed by atoms with Gasteiger partial charge in [0.05, 0.1) is 18.4 Å². The van der Waals surface area contributed by atoms with Crippen LogP contribution in [0.15, 0.2) is 18.2 Å². The molecule has 0 aliphatic rings. The van der Waals surface area contributed by atoms with Crippen LogP contribution in [0.4, 0.5) is 10.5 Å². The van der Waals surface area contributed by atoms with Crippen molar-refractivity contribution in [1.29, 1.82) is 0 Å². The summed E-state index contributed by atoms with van der Waals surface area (Å²) >= 11 is 0. The number of carboxylic acid groups (broad SMARTS) is 1. The van der Waals surface area contributed by atoms with Gasteiger partial charge in [-0.15, -0.1) is 0 Å². The largest absolute Gasteiger partial charge is 0.497 e. The lowest BCUT2D eigenvalue weighted by molar-refractivity contribution is 0.0698. The molecule has 6 nitrogen and oxygen atoms in total. The van der Waals surface area contributed by atoms with Crippen LogP contribution in [-0.2, 0) is 0 Å². The number of hydrogen-bond acceptors (Lipinski definition) is 3. The van der Waals surface area contributed by atoms with Gasteiger partial charge in [-0.05, 0) is 24.5 Å². The Hall–Kier alpha value is -2.24. The minimum atomic E-state index is -1.11. The first-order chi connectivity index (χ1) is 9.88. The highest BCUT2D eigenvalue weighted by molar-refractivity contribution is 6.00. The van der Waals surface area contributed by atoms with Crippen molar-refractivity contribution >= 4 is 17.7 Å². The number of ether oxygens (including phenoxy) is 1. The number of hydrogen-bond donors (Lipinski definition) is 3. The fraction of sp³-hybridized carbons (Fsp3) is 0.467. The minimum Gasteiger partial charge on any atom is -0.497 e. The van der Waals surface area contributed by atoms with E-state index >= 15 is 0 Å². The van der Waals surface area contributed by atoms with Gasteiger partial charge >= 0.3 is 12.0 Å². The minimum absolute atomic E-state index is 0.0172. The summed E-state index contributed by atoms with van der Waals surface area (Å²) in [5.41, 5.74) is 0.224. The maximum Gasteiger partial charge on any atom is 0.337 e. The fourth-order valence-corrected chi connectivity index (χ4v) is 2.01. The highest BCUT2D eigenvalue weighted by atomic mass is 16.5. The molecule has 0 bridgehead atoms. The van der Waals surface area contributed by atoms with Crippen LogP contribution in [0.25, 0.3) is 0 Å². The van der Waals surface area contributed by atoms with Crippen LogP contribution in [0.2, 0.25) is 0 Å². The van der Waals surface area contributed by atoms with Gasteiger partial charge in [-0.3, -0.25) is 0 Å². The quantitative estimate of drug-likeness (QED) is 0.752. The van der Waals surface area contributed by atoms with E-state index in [0.717, 1.165) is 6.42 Å². The van der Waals surface area contributed by atoms with E-state index in [4.69, 9.17) is 9.84 Å². The van der Waals surface area contributed by atoms with Gasteiger partial charge in [0.2, 0.25) is 0 Å². The molecule has 0 spiro atoms. The number of carbonyl (C=O) groups excluding carboxylic acids is 1. The third kappa shape index (κ3) is 4.66. The summed E-state index contributed by atoms with van der Waals surface area (Å²) < 4.78 is 5.05. The van der Waals surface area contributed by atoms with Gasteiger partial charge in [0.1, 0.15) is 5.75 Å². The second-order valence-corrected chi connectivity index (χ2v) is 5.07. The van der Waals surface area contributed by atoms with Crippen molar-refractivity contribution in [1.82, 2.24) is 5.32 Å². The summed E-state index contributed by atoms with van der Waals surface area (Å²) in [4.78, 5) is 23.2. The van der Waals surface area contributed by atoms with Gasteiger partial charge in [-0.2, -0.15) is 0 Å². The van der Waals surface area contributed by atoms with Gasteiger partial charge in [-0.25, -0.2) is 9.59 Å². The van der Waals surface area contributed by atoms with Crippen molar-refractivity contribution in [3.8, 4) is 5.75 Å². The van der Waals surface area contributed by atoms with E-state index in [1.165, 1.54) is 25.3 Å². The van der Waals surface area contributed by atoms with Gasteiger partial charge in [0, 0.05) is 12.1 Å². The number of rotatable bonds is 6. The number of carbonyl (C=O) groups is 2. The number of urea groups is 1. The molecule has 0 aliphatic carbocycles. The summed E-state index contributed by atoms with van der Waals surface area (Å²) in [7, 11) is 1.48. The van der Waals surface area contributed by atoms with Crippen LogP contribution >= 0.6 is 0 Å². The standard InChI is InChI=1S/C15H22N2O4/c1-5-12(9(2)3)16-15(20)17-13-8-10(21-4)6-7-11(13)14(18)19/h6-9,12H,5H2,1-4H3,(H,18,19)(H2,16,17,20). The third-order valence-corrected chi connectivity index (χ3v) is 3.27. The van der Waals surface area contributed by atoms with E-state index < -0.39 is 12.0 Å². The summed E-state index contributed by atoms with van der Waals surface area (Å²) in [6, 6.07) is 4.03. The molecule has 0 aliphatic heterocycles. The molecule has 0 heterocycles. The van der Waals surface area contributed by atoms with Crippen molar-refractivity contribution < 1.29 is 19.4 Å². The Balaban J connectivity index is 2.90. The van der Waals surface area contributed by atoms with Crippen molar-refractivity contribution in [3.05, 3.63) is 23.8 Å². The Morgan fingerprint density at radius 1 is 1.33 bits per heavy atom. The Kier molecular flexibility index (Phi) is 6.02. The van der Waals surface area contributed by atoms with E-state index in [1.807, 2.05) is 20.8 Å². The van der Waals surface area contributed by atoms with E-state index in [2.05, 4.69) is 10.6 Å². The van der Waals surface area contributed by atoms with Gasteiger partial charge in [0.25, 0.3) is 0 Å². The first kappa shape index (κ1) is 16.8. The molecule has 1 aromatic rings. The molecule has 2 amide bonds. The first-order valence-electron chi connectivity index (χ1n) is 6.87. The zero-order valence-corrected chi connectivity index (χ0v) is 12.8. The molecule has 0 fully saturated rings. The van der Waals surface area contributed by atoms with Gasteiger partial charge in [0.15, 0.2) is 0 Å². The zero-order valence-electron chi connectivity index (χ0n) is 12.8. The van der Waals surface area contributed by atoms with Crippen LogP contribution in [-0.4, -0.2) is 30.3 Å². The maximum absolute atomic E-state index is 12.0. The van der Waals surface area contributed by atoms with Crippen LogP contribution in [0.5, 0.6) is 5.75 Å². The van der Waals surface area contributed by atoms with Gasteiger partial charge in [-0.1, -0.05) is 20.8 Å². The molecule has 1 unspecified atom stereocenters. The maximum atomic E-state index is 12.0. The van der Waals surface area contributed by atoms with Crippen LogP contribution in [0.3, 0.4) is 0 Å². The molecule has 0 aromatic heterocycles. The molecular formula is C15H22N2O4. The summed E-state index contributed by atoms with van der Waals surface area (Å²) in [5, 5.41) is 14.6. The number of carboxylic acids is 1. The van der Waals surface area contributed by atoms with E-state index in [0.29, 0.717) is 11.7 Å². The molecule has 21 heavy (non-hydrogen) atoms. The monoisotopic (exact) mass is 294 g/mol. The summed E-state index contributed by atoms with van der Waals surface area (Å²) in [6.45, 7) is 6.02. The Morgan fingerprint density at radius 3 is 2.48 bits per heavy atom. The van der Waals surface area contributed by atoms with Crippen molar-refractivity contribution in [2.45, 2.75) is 33.2 Å². The Labute approximate surface area is 124 Å². The van der Waals surface area contributed by atoms with Crippen LogP contribution < -0.4 is 15.4 Å². The molecule has 0 saturated heterocycles. The Morgan fingerprint density at radius 2 is 2.00 bits per heavy atom. The number of nitrogens with one attached hydrogen (secondary N) is 2. The molecule has 1 aromatic carbocycles. The summed E-state index contributed by atoms with van der Waals surface area (Å²) in [6.07, 6.45) is 0.801. The molecule has 6 heteroatoms. The van der Waals surface area contributed by atoms with E-state index in [1.54, 1.807) is 0 Å². The van der Waals surface area contributed by atoms with Crippen molar-refractivity contribution in [3.63, 3.8) is 0 Å². The fourth-order valence-electron chi connectivity index (χ4n) is 2.01. The third-order valence-electron chi connectivity index (χ3n) is 3.27. The van der Waals surface area contributed by atoms with Crippen LogP contribution in [0, 0.1) is 5.92 Å². The zero-order chi connectivity index (χ0) is 16.0. The normalized spacial score (nSPS) is 11.9. The van der Waals surface area contributed by atoms with Crippen LogP contribution in [0.1, 0.15) is 37.6 Å². The molecule has 1 atom stereocenters. The number of benzene rings is 1. The molecule has 0 saturated carbocycles. The second kappa shape index (κ2) is 7.52. The van der Waals surface area contributed by atoms with E-state index in [-0.39, 0.29) is 17.3 Å². The lowest BCUT2D eigenvalue weighted by Crippen LogP contribution is -2.40. The molecule has 0 radical (unpaired) electrons. The second-order valence-electron chi connectivity index (χ2n) is 5.07. The summed E-state index contributed by atoms with van der Waals surface area (Å²) in [5.74, 6) is -0.333. The number of methoxy groups -OCH3 is 1. The molecule has 116 valence electrons. The number of amides is 2. The predicted octanol–water partition coefficient (Wildman–Crippen LogP) is 2.95. The molecule has 3 N–H and O–H groups in total. The highest BCUT2D eigenvalue weighted by Crippen LogP contribution is 2.22. The molecule has 1 rings (SSSR count).